The smallest absolute Gasteiger partial charge is 0.270 e. The van der Waals surface area contributed by atoms with Gasteiger partial charge in [-0.25, -0.2) is 0 Å². The minimum atomic E-state index is -0.144. The third-order valence-electron chi connectivity index (χ3n) is 5.04. The van der Waals surface area contributed by atoms with Gasteiger partial charge in [-0.05, 0) is 51.3 Å². The van der Waals surface area contributed by atoms with E-state index in [0.717, 1.165) is 5.69 Å². The summed E-state index contributed by atoms with van der Waals surface area (Å²) in [4.78, 5) is 45.6. The topological polar surface area (TPSA) is 95.2 Å². The Bertz CT molecular complexity index is 865. The zero-order chi connectivity index (χ0) is 19.6. The molecule has 2 amide bonds. The molecule has 3 heterocycles. The number of nitrogens with one attached hydrogen (secondary N) is 2. The van der Waals surface area contributed by atoms with Crippen LogP contribution in [-0.2, 0) is 0 Å². The molecule has 0 saturated carbocycles. The maximum absolute atomic E-state index is 12.8. The monoisotopic (exact) mass is 368 g/mol. The van der Waals surface area contributed by atoms with Gasteiger partial charge in [-0.1, -0.05) is 0 Å². The molecule has 0 atom stereocenters. The molecule has 1 aliphatic heterocycles. The predicted molar refractivity (Wildman–Crippen MR) is 101 cm³/mol. The van der Waals surface area contributed by atoms with Crippen LogP contribution in [0, 0.1) is 13.8 Å². The molecule has 0 unspecified atom stereocenters. The Kier molecular flexibility index (Phi) is 5.39. The van der Waals surface area contributed by atoms with E-state index in [1.165, 1.54) is 13.1 Å². The molecule has 0 aromatic carbocycles. The number of carbonyl (C=O) groups excluding carboxylic acids is 3. The van der Waals surface area contributed by atoms with E-state index in [4.69, 9.17) is 0 Å². The van der Waals surface area contributed by atoms with Crippen molar-refractivity contribution in [3.8, 4) is 0 Å². The lowest BCUT2D eigenvalue weighted by atomic mass is 10.0. The number of hydrogen-bond acceptors (Lipinski definition) is 4. The molecule has 3 rings (SSSR count). The molecule has 2 aromatic rings. The van der Waals surface area contributed by atoms with Crippen LogP contribution in [0.1, 0.15) is 62.2 Å². The van der Waals surface area contributed by atoms with E-state index in [0.29, 0.717) is 48.3 Å². The maximum atomic E-state index is 12.8. The van der Waals surface area contributed by atoms with Gasteiger partial charge in [0, 0.05) is 42.8 Å². The van der Waals surface area contributed by atoms with Gasteiger partial charge in [-0.3, -0.25) is 19.4 Å². The number of hydrogen-bond donors (Lipinski definition) is 2. The third kappa shape index (κ3) is 3.92. The van der Waals surface area contributed by atoms with Crippen LogP contribution in [0.2, 0.25) is 0 Å². The minimum absolute atomic E-state index is 0.0287. The van der Waals surface area contributed by atoms with Gasteiger partial charge in [-0.15, -0.1) is 0 Å². The summed E-state index contributed by atoms with van der Waals surface area (Å²) in [7, 11) is 0. The summed E-state index contributed by atoms with van der Waals surface area (Å²) in [5, 5.41) is 3.00. The van der Waals surface area contributed by atoms with E-state index in [1.54, 1.807) is 37.1 Å². The highest BCUT2D eigenvalue weighted by molar-refractivity contribution is 6.02. The fourth-order valence-corrected chi connectivity index (χ4v) is 3.64. The van der Waals surface area contributed by atoms with E-state index >= 15 is 0 Å². The first kappa shape index (κ1) is 18.8. The van der Waals surface area contributed by atoms with Gasteiger partial charge in [0.05, 0.1) is 5.56 Å². The number of carbonyl (C=O) groups is 3. The molecular weight excluding hydrogens is 344 g/mol. The largest absolute Gasteiger partial charge is 0.354 e. The van der Waals surface area contributed by atoms with Crippen LogP contribution in [0.5, 0.6) is 0 Å². The van der Waals surface area contributed by atoms with Crippen LogP contribution < -0.4 is 5.32 Å². The van der Waals surface area contributed by atoms with E-state index in [9.17, 15) is 14.4 Å². The first-order chi connectivity index (χ1) is 12.9. The van der Waals surface area contributed by atoms with Crippen LogP contribution in [0.25, 0.3) is 0 Å². The van der Waals surface area contributed by atoms with E-state index in [1.807, 2.05) is 0 Å². The number of aryl methyl sites for hydroxylation is 1. The lowest BCUT2D eigenvalue weighted by Gasteiger charge is -2.32. The number of nitrogens with zero attached hydrogens (tertiary/aromatic N) is 2. The first-order valence-corrected chi connectivity index (χ1v) is 9.08. The number of pyridine rings is 1. The van der Waals surface area contributed by atoms with Crippen molar-refractivity contribution in [3.63, 3.8) is 0 Å². The molecule has 1 fully saturated rings. The Morgan fingerprint density at radius 3 is 2.48 bits per heavy atom. The van der Waals surface area contributed by atoms with Crippen molar-refractivity contribution >= 4 is 17.6 Å². The lowest BCUT2D eigenvalue weighted by molar-refractivity contribution is 0.0692. The number of aromatic nitrogens is 2. The van der Waals surface area contributed by atoms with Gasteiger partial charge in [0.1, 0.15) is 5.69 Å². The van der Waals surface area contributed by atoms with Crippen LogP contribution >= 0.6 is 0 Å². The molecule has 2 N–H and O–H groups in total. The van der Waals surface area contributed by atoms with Gasteiger partial charge in [0.2, 0.25) is 0 Å². The van der Waals surface area contributed by atoms with Gasteiger partial charge >= 0.3 is 0 Å². The maximum Gasteiger partial charge on any atom is 0.270 e. The van der Waals surface area contributed by atoms with Crippen molar-refractivity contribution in [2.45, 2.75) is 39.7 Å². The van der Waals surface area contributed by atoms with E-state index in [2.05, 4.69) is 15.3 Å². The lowest BCUT2D eigenvalue weighted by Crippen LogP contribution is -2.46. The summed E-state index contributed by atoms with van der Waals surface area (Å²) in [6.45, 7) is 6.23. The number of amides is 2. The average molecular weight is 368 g/mol. The molecule has 1 saturated heterocycles. The summed E-state index contributed by atoms with van der Waals surface area (Å²) in [6.07, 6.45) is 4.55. The third-order valence-corrected chi connectivity index (χ3v) is 5.04. The quantitative estimate of drug-likeness (QED) is 0.809. The number of aromatic amines is 1. The second-order valence-electron chi connectivity index (χ2n) is 6.96. The fraction of sp³-hybridized carbons (Fsp3) is 0.400. The van der Waals surface area contributed by atoms with Crippen molar-refractivity contribution in [3.05, 3.63) is 52.6 Å². The fourth-order valence-electron chi connectivity index (χ4n) is 3.64. The Morgan fingerprint density at radius 1 is 1.22 bits per heavy atom. The summed E-state index contributed by atoms with van der Waals surface area (Å²) >= 11 is 0. The Labute approximate surface area is 158 Å². The number of H-pyrrole nitrogens is 1. The zero-order valence-corrected chi connectivity index (χ0v) is 15.8. The second-order valence-corrected chi connectivity index (χ2v) is 6.96. The minimum Gasteiger partial charge on any atom is -0.354 e. The van der Waals surface area contributed by atoms with Crippen molar-refractivity contribution in [2.75, 3.05) is 13.1 Å². The van der Waals surface area contributed by atoms with Crippen LogP contribution in [0.15, 0.2) is 24.5 Å². The molecule has 7 heteroatoms. The van der Waals surface area contributed by atoms with Gasteiger partial charge in [0.15, 0.2) is 5.78 Å². The molecule has 0 radical (unpaired) electrons. The van der Waals surface area contributed by atoms with Crippen molar-refractivity contribution in [2.24, 2.45) is 0 Å². The summed E-state index contributed by atoms with van der Waals surface area (Å²) in [5.74, 6) is -0.285. The van der Waals surface area contributed by atoms with Crippen LogP contribution in [0.4, 0.5) is 0 Å². The molecule has 142 valence electrons. The van der Waals surface area contributed by atoms with Crippen molar-refractivity contribution in [1.29, 1.82) is 0 Å². The molecule has 27 heavy (non-hydrogen) atoms. The zero-order valence-electron chi connectivity index (χ0n) is 15.8. The Morgan fingerprint density at radius 2 is 1.93 bits per heavy atom. The average Bonchev–Trinajstić information content (AvgIpc) is 2.96. The summed E-state index contributed by atoms with van der Waals surface area (Å²) < 4.78 is 0. The summed E-state index contributed by atoms with van der Waals surface area (Å²) in [6, 6.07) is 3.48. The number of Topliss-reactive ketones (excluding diaryl/α,β-unsaturated/α-hetero) is 1. The second kappa shape index (κ2) is 7.73. The standard InChI is InChI=1S/C20H24N4O3/c1-12-17(14(3)25)13(2)22-18(12)20(27)24-9-6-16(7-10-24)23-19(26)15-5-4-8-21-11-15/h4-5,8,11,16,22H,6-7,9-10H2,1-3H3,(H,23,26). The SMILES string of the molecule is CC(=O)c1c(C)[nH]c(C(=O)N2CCC(NC(=O)c3cccnc3)CC2)c1C. The predicted octanol–water partition coefficient (Wildman–Crippen LogP) is 2.26. The molecule has 0 spiro atoms. The van der Waals surface area contributed by atoms with Gasteiger partial charge < -0.3 is 15.2 Å². The molecule has 7 nitrogen and oxygen atoms in total. The van der Waals surface area contributed by atoms with Crippen LogP contribution in [0.3, 0.4) is 0 Å². The van der Waals surface area contributed by atoms with Crippen molar-refractivity contribution < 1.29 is 14.4 Å². The van der Waals surface area contributed by atoms with Gasteiger partial charge in [-0.2, -0.15) is 0 Å². The highest BCUT2D eigenvalue weighted by Crippen LogP contribution is 2.21. The Hall–Kier alpha value is -2.96. The summed E-state index contributed by atoms with van der Waals surface area (Å²) in [5.41, 5.74) is 3.04. The molecule has 2 aromatic heterocycles. The van der Waals surface area contributed by atoms with E-state index < -0.39 is 0 Å². The molecule has 0 bridgehead atoms. The van der Waals surface area contributed by atoms with Crippen molar-refractivity contribution in [1.82, 2.24) is 20.2 Å². The first-order valence-electron chi connectivity index (χ1n) is 9.08. The Balaban J connectivity index is 1.61. The highest BCUT2D eigenvalue weighted by atomic mass is 16.2. The molecule has 0 aliphatic carbocycles. The number of ketones is 1. The molecule has 1 aliphatic rings. The normalized spacial score (nSPS) is 14.9. The molecular formula is C20H24N4O3. The highest BCUT2D eigenvalue weighted by Gasteiger charge is 2.28. The number of rotatable bonds is 4. The number of piperidine rings is 1. The van der Waals surface area contributed by atoms with Crippen LogP contribution in [-0.4, -0.2) is 51.6 Å². The number of likely N-dealkylation sites (tertiary alicyclic amines) is 1. The van der Waals surface area contributed by atoms with Gasteiger partial charge in [0.25, 0.3) is 11.8 Å². The van der Waals surface area contributed by atoms with E-state index in [-0.39, 0.29) is 23.6 Å².